The second-order valence-electron chi connectivity index (χ2n) is 9.02. The van der Waals surface area contributed by atoms with E-state index in [2.05, 4.69) is 21.2 Å². The summed E-state index contributed by atoms with van der Waals surface area (Å²) in [5.74, 6) is -0.205. The highest BCUT2D eigenvalue weighted by Gasteiger charge is 2.32. The molecule has 2 amide bonds. The molecule has 1 aromatic carbocycles. The van der Waals surface area contributed by atoms with Crippen molar-refractivity contribution in [3.63, 3.8) is 0 Å². The van der Waals surface area contributed by atoms with E-state index in [4.69, 9.17) is 5.73 Å². The maximum atomic E-state index is 13.2. The number of nitrogens with one attached hydrogen (secondary N) is 1. The van der Waals surface area contributed by atoms with Gasteiger partial charge >= 0.3 is 11.7 Å². The second-order valence-corrected chi connectivity index (χ2v) is 9.93. The van der Waals surface area contributed by atoms with Gasteiger partial charge in [0.2, 0.25) is 5.91 Å². The van der Waals surface area contributed by atoms with Gasteiger partial charge in [0.15, 0.2) is 0 Å². The van der Waals surface area contributed by atoms with Gasteiger partial charge in [-0.3, -0.25) is 9.36 Å². The lowest BCUT2D eigenvalue weighted by Gasteiger charge is -2.28. The molecule has 3 N–H and O–H groups in total. The summed E-state index contributed by atoms with van der Waals surface area (Å²) in [6, 6.07) is 3.87. The average molecular weight is 465 g/mol. The molecular formula is C21H29BrN4O3. The average Bonchev–Trinajstić information content (AvgIpc) is 2.90. The summed E-state index contributed by atoms with van der Waals surface area (Å²) < 4.78 is 3.64. The van der Waals surface area contributed by atoms with Gasteiger partial charge in [0, 0.05) is 11.0 Å². The van der Waals surface area contributed by atoms with Gasteiger partial charge in [0.1, 0.15) is 6.04 Å². The van der Waals surface area contributed by atoms with Crippen molar-refractivity contribution < 1.29 is 9.59 Å². The van der Waals surface area contributed by atoms with Crippen molar-refractivity contribution >= 4 is 38.9 Å². The molecule has 1 aliphatic rings. The standard InChI is InChI=1S/C21H29BrN4O3/c1-21(2,3)17(18(23)27)24-19(28)26-15-10-9-14(22)11-16(15)25(20(26)29)12-13-7-5-4-6-8-13/h9-11,13,17H,4-8,12H2,1-3H3,(H2,23,27)(H,24,28)/t17-/m1/s1. The Labute approximate surface area is 178 Å². The molecule has 1 aliphatic carbocycles. The third-order valence-corrected chi connectivity index (χ3v) is 6.17. The number of halogens is 1. The van der Waals surface area contributed by atoms with E-state index >= 15 is 0 Å². The predicted molar refractivity (Wildman–Crippen MR) is 117 cm³/mol. The quantitative estimate of drug-likeness (QED) is 0.722. The minimum atomic E-state index is -0.894. The predicted octanol–water partition coefficient (Wildman–Crippen LogP) is 3.60. The molecule has 1 atom stereocenters. The van der Waals surface area contributed by atoms with Crippen molar-refractivity contribution in [2.75, 3.05) is 0 Å². The normalized spacial score (nSPS) is 16.7. The van der Waals surface area contributed by atoms with Gasteiger partial charge in [-0.25, -0.2) is 14.2 Å². The van der Waals surface area contributed by atoms with Crippen LogP contribution >= 0.6 is 15.9 Å². The van der Waals surface area contributed by atoms with Crippen molar-refractivity contribution in [2.24, 2.45) is 17.1 Å². The Morgan fingerprint density at radius 2 is 1.86 bits per heavy atom. The largest absolute Gasteiger partial charge is 0.368 e. The molecule has 0 saturated heterocycles. The SMILES string of the molecule is CC(C)(C)[C@H](NC(=O)n1c(=O)n(CC2CCCCC2)c2cc(Br)ccc21)C(N)=O. The minimum absolute atomic E-state index is 0.390. The molecule has 0 spiro atoms. The van der Waals surface area contributed by atoms with Crippen LogP contribution in [0.5, 0.6) is 0 Å². The van der Waals surface area contributed by atoms with Gasteiger partial charge in [0.05, 0.1) is 11.0 Å². The van der Waals surface area contributed by atoms with Crippen molar-refractivity contribution in [3.8, 4) is 0 Å². The molecule has 158 valence electrons. The molecule has 1 heterocycles. The number of primary amides is 1. The van der Waals surface area contributed by atoms with Crippen LogP contribution in [-0.2, 0) is 11.3 Å². The van der Waals surface area contributed by atoms with Crippen molar-refractivity contribution in [3.05, 3.63) is 33.2 Å². The summed E-state index contributed by atoms with van der Waals surface area (Å²) in [4.78, 5) is 38.2. The van der Waals surface area contributed by atoms with Gasteiger partial charge < -0.3 is 11.1 Å². The smallest absolute Gasteiger partial charge is 0.337 e. The molecule has 1 fully saturated rings. The fourth-order valence-electron chi connectivity index (χ4n) is 4.13. The van der Waals surface area contributed by atoms with E-state index in [1.165, 1.54) is 19.3 Å². The zero-order valence-electron chi connectivity index (χ0n) is 17.2. The zero-order chi connectivity index (χ0) is 21.3. The van der Waals surface area contributed by atoms with E-state index in [0.717, 1.165) is 21.9 Å². The topological polar surface area (TPSA) is 99.1 Å². The number of benzene rings is 1. The van der Waals surface area contributed by atoms with E-state index in [9.17, 15) is 14.4 Å². The van der Waals surface area contributed by atoms with Crippen LogP contribution in [0.1, 0.15) is 52.9 Å². The van der Waals surface area contributed by atoms with Gasteiger partial charge in [-0.1, -0.05) is 56.0 Å². The molecule has 0 unspecified atom stereocenters. The van der Waals surface area contributed by atoms with E-state index in [-0.39, 0.29) is 0 Å². The number of carbonyl (C=O) groups excluding carboxylic acids is 2. The number of hydrogen-bond acceptors (Lipinski definition) is 3. The van der Waals surface area contributed by atoms with E-state index in [1.807, 2.05) is 26.8 Å². The Morgan fingerprint density at radius 3 is 2.45 bits per heavy atom. The summed E-state index contributed by atoms with van der Waals surface area (Å²) in [5.41, 5.74) is 5.75. The molecule has 2 aromatic rings. The number of nitrogens with two attached hydrogens (primary N) is 1. The summed E-state index contributed by atoms with van der Waals surface area (Å²) in [6.07, 6.45) is 5.77. The molecule has 1 saturated carbocycles. The lowest BCUT2D eigenvalue weighted by Crippen LogP contribution is -2.54. The van der Waals surface area contributed by atoms with Crippen LogP contribution in [0.3, 0.4) is 0 Å². The van der Waals surface area contributed by atoms with Crippen LogP contribution in [0.2, 0.25) is 0 Å². The van der Waals surface area contributed by atoms with E-state index < -0.39 is 29.1 Å². The van der Waals surface area contributed by atoms with Crippen molar-refractivity contribution in [1.82, 2.24) is 14.5 Å². The van der Waals surface area contributed by atoms with Gasteiger partial charge in [-0.2, -0.15) is 0 Å². The maximum absolute atomic E-state index is 13.2. The number of nitrogens with zero attached hydrogens (tertiary/aromatic N) is 2. The first kappa shape index (κ1) is 21.6. The fraction of sp³-hybridized carbons (Fsp3) is 0.571. The lowest BCUT2D eigenvalue weighted by molar-refractivity contribution is -0.122. The van der Waals surface area contributed by atoms with E-state index in [1.54, 1.807) is 16.7 Å². The number of fused-ring (bicyclic) bond motifs is 1. The van der Waals surface area contributed by atoms with Crippen molar-refractivity contribution in [1.29, 1.82) is 0 Å². The van der Waals surface area contributed by atoms with Crippen LogP contribution in [0, 0.1) is 11.3 Å². The molecule has 29 heavy (non-hydrogen) atoms. The Morgan fingerprint density at radius 1 is 1.21 bits per heavy atom. The Kier molecular flexibility index (Phi) is 6.22. The Bertz CT molecular complexity index is 980. The lowest BCUT2D eigenvalue weighted by atomic mass is 9.86. The van der Waals surface area contributed by atoms with Crippen LogP contribution < -0.4 is 16.7 Å². The number of rotatable bonds is 4. The van der Waals surface area contributed by atoms with Crippen LogP contribution in [0.4, 0.5) is 4.79 Å². The van der Waals surface area contributed by atoms with Crippen LogP contribution in [-0.4, -0.2) is 27.1 Å². The highest BCUT2D eigenvalue weighted by molar-refractivity contribution is 9.10. The molecule has 0 aliphatic heterocycles. The highest BCUT2D eigenvalue weighted by atomic mass is 79.9. The Balaban J connectivity index is 2.03. The second kappa shape index (κ2) is 8.34. The first-order chi connectivity index (χ1) is 13.6. The number of hydrogen-bond donors (Lipinski definition) is 2. The summed E-state index contributed by atoms with van der Waals surface area (Å²) >= 11 is 3.46. The van der Waals surface area contributed by atoms with E-state index in [0.29, 0.717) is 23.5 Å². The van der Waals surface area contributed by atoms with Crippen LogP contribution in [0.25, 0.3) is 11.0 Å². The first-order valence-corrected chi connectivity index (χ1v) is 10.9. The minimum Gasteiger partial charge on any atom is -0.368 e. The molecular weight excluding hydrogens is 436 g/mol. The number of imidazole rings is 1. The first-order valence-electron chi connectivity index (χ1n) is 10.1. The zero-order valence-corrected chi connectivity index (χ0v) is 18.8. The maximum Gasteiger partial charge on any atom is 0.337 e. The van der Waals surface area contributed by atoms with Gasteiger partial charge in [0.25, 0.3) is 0 Å². The molecule has 0 bridgehead atoms. The van der Waals surface area contributed by atoms with Crippen molar-refractivity contribution in [2.45, 2.75) is 65.5 Å². The molecule has 8 heteroatoms. The molecule has 3 rings (SSSR count). The summed E-state index contributed by atoms with van der Waals surface area (Å²) in [7, 11) is 0. The molecule has 7 nitrogen and oxygen atoms in total. The molecule has 1 aromatic heterocycles. The monoisotopic (exact) mass is 464 g/mol. The van der Waals surface area contributed by atoms with Crippen LogP contribution in [0.15, 0.2) is 27.5 Å². The third kappa shape index (κ3) is 4.57. The van der Waals surface area contributed by atoms with Gasteiger partial charge in [-0.05, 0) is 42.4 Å². The number of carbonyl (C=O) groups is 2. The highest BCUT2D eigenvalue weighted by Crippen LogP contribution is 2.27. The Hall–Kier alpha value is -2.09. The summed E-state index contributed by atoms with van der Waals surface area (Å²) in [6.45, 7) is 6.03. The fourth-order valence-corrected chi connectivity index (χ4v) is 4.48. The summed E-state index contributed by atoms with van der Waals surface area (Å²) in [5, 5.41) is 2.66. The number of aromatic nitrogens is 2. The third-order valence-electron chi connectivity index (χ3n) is 5.68. The van der Waals surface area contributed by atoms with Gasteiger partial charge in [-0.15, -0.1) is 0 Å². The number of amides is 2. The molecule has 0 radical (unpaired) electrons.